The highest BCUT2D eigenvalue weighted by Gasteiger charge is 2.27. The third-order valence-electron chi connectivity index (χ3n) is 2.47. The quantitative estimate of drug-likeness (QED) is 0.632. The van der Waals surface area contributed by atoms with Gasteiger partial charge in [0.05, 0.1) is 13.2 Å². The SMILES string of the molecule is CCOC(=O)CNCC(C)C1CC1. The number of carbonyl (C=O) groups excluding carboxylic acids is 1. The fourth-order valence-electron chi connectivity index (χ4n) is 1.45. The molecule has 1 fully saturated rings. The van der Waals surface area contributed by atoms with Gasteiger partial charge in [-0.15, -0.1) is 0 Å². The predicted octanol–water partition coefficient (Wildman–Crippen LogP) is 1.19. The molecule has 0 aromatic carbocycles. The van der Waals surface area contributed by atoms with E-state index in [4.69, 9.17) is 4.74 Å². The maximum absolute atomic E-state index is 10.9. The zero-order chi connectivity index (χ0) is 9.68. The van der Waals surface area contributed by atoms with Crippen LogP contribution in [0, 0.1) is 11.8 Å². The second kappa shape index (κ2) is 5.22. The maximum Gasteiger partial charge on any atom is 0.319 e. The summed E-state index contributed by atoms with van der Waals surface area (Å²) in [5.74, 6) is 1.45. The molecule has 0 saturated heterocycles. The van der Waals surface area contributed by atoms with Crippen LogP contribution >= 0.6 is 0 Å². The predicted molar refractivity (Wildman–Crippen MR) is 51.4 cm³/mol. The molecule has 1 saturated carbocycles. The first kappa shape index (κ1) is 10.5. The molecule has 0 aromatic rings. The summed E-state index contributed by atoms with van der Waals surface area (Å²) < 4.78 is 4.80. The molecule has 3 nitrogen and oxygen atoms in total. The Morgan fingerprint density at radius 2 is 2.31 bits per heavy atom. The van der Waals surface area contributed by atoms with Gasteiger partial charge in [0.2, 0.25) is 0 Å². The molecule has 76 valence electrons. The highest BCUT2D eigenvalue weighted by molar-refractivity contribution is 5.71. The molecule has 1 N–H and O–H groups in total. The average molecular weight is 185 g/mol. The van der Waals surface area contributed by atoms with E-state index in [-0.39, 0.29) is 5.97 Å². The van der Waals surface area contributed by atoms with Crippen LogP contribution < -0.4 is 5.32 Å². The van der Waals surface area contributed by atoms with Gasteiger partial charge in [0.15, 0.2) is 0 Å². The van der Waals surface area contributed by atoms with Crippen molar-refractivity contribution in [3.63, 3.8) is 0 Å². The van der Waals surface area contributed by atoms with E-state index < -0.39 is 0 Å². The summed E-state index contributed by atoms with van der Waals surface area (Å²) in [4.78, 5) is 10.9. The Bertz CT molecular complexity index is 166. The van der Waals surface area contributed by atoms with Crippen molar-refractivity contribution in [2.75, 3.05) is 19.7 Å². The highest BCUT2D eigenvalue weighted by Crippen LogP contribution is 2.35. The molecule has 0 heterocycles. The van der Waals surface area contributed by atoms with Crippen LogP contribution in [0.25, 0.3) is 0 Å². The molecule has 1 aliphatic rings. The zero-order valence-corrected chi connectivity index (χ0v) is 8.51. The van der Waals surface area contributed by atoms with Crippen LogP contribution in [0.5, 0.6) is 0 Å². The van der Waals surface area contributed by atoms with Gasteiger partial charge in [-0.2, -0.15) is 0 Å². The molecule has 3 heteroatoms. The largest absolute Gasteiger partial charge is 0.465 e. The first-order valence-electron chi connectivity index (χ1n) is 5.10. The Hall–Kier alpha value is -0.570. The summed E-state index contributed by atoms with van der Waals surface area (Å²) in [7, 11) is 0. The summed E-state index contributed by atoms with van der Waals surface area (Å²) in [6.07, 6.45) is 2.73. The highest BCUT2D eigenvalue weighted by atomic mass is 16.5. The Morgan fingerprint density at radius 3 is 2.85 bits per heavy atom. The lowest BCUT2D eigenvalue weighted by atomic mass is 10.1. The third kappa shape index (κ3) is 4.27. The number of ether oxygens (including phenoxy) is 1. The molecule has 0 radical (unpaired) electrons. The van der Waals surface area contributed by atoms with Crippen LogP contribution in [0.15, 0.2) is 0 Å². The van der Waals surface area contributed by atoms with E-state index in [0.29, 0.717) is 19.1 Å². The van der Waals surface area contributed by atoms with Gasteiger partial charge in [-0.1, -0.05) is 6.92 Å². The number of hydrogen-bond acceptors (Lipinski definition) is 3. The first-order valence-corrected chi connectivity index (χ1v) is 5.10. The van der Waals surface area contributed by atoms with Crippen LogP contribution in [0.4, 0.5) is 0 Å². The summed E-state index contributed by atoms with van der Waals surface area (Å²) in [5.41, 5.74) is 0. The molecule has 0 amide bonds. The van der Waals surface area contributed by atoms with E-state index in [1.54, 1.807) is 0 Å². The van der Waals surface area contributed by atoms with Gasteiger partial charge in [-0.3, -0.25) is 4.79 Å². The number of carbonyl (C=O) groups is 1. The van der Waals surface area contributed by atoms with E-state index >= 15 is 0 Å². The van der Waals surface area contributed by atoms with Crippen molar-refractivity contribution in [1.82, 2.24) is 5.32 Å². The van der Waals surface area contributed by atoms with Gasteiger partial charge in [0, 0.05) is 0 Å². The van der Waals surface area contributed by atoms with Crippen molar-refractivity contribution in [2.24, 2.45) is 11.8 Å². The standard InChI is InChI=1S/C10H19NO2/c1-3-13-10(12)7-11-6-8(2)9-4-5-9/h8-9,11H,3-7H2,1-2H3. The lowest BCUT2D eigenvalue weighted by Gasteiger charge is -2.10. The van der Waals surface area contributed by atoms with Crippen LogP contribution in [0.2, 0.25) is 0 Å². The summed E-state index contributed by atoms with van der Waals surface area (Å²) in [5, 5.41) is 3.12. The van der Waals surface area contributed by atoms with Gasteiger partial charge in [-0.05, 0) is 38.1 Å². The Balaban J connectivity index is 1.96. The van der Waals surface area contributed by atoms with Gasteiger partial charge in [0.1, 0.15) is 0 Å². The lowest BCUT2D eigenvalue weighted by molar-refractivity contribution is -0.142. The van der Waals surface area contributed by atoms with Gasteiger partial charge >= 0.3 is 5.97 Å². The molecule has 0 aromatic heterocycles. The fraction of sp³-hybridized carbons (Fsp3) is 0.900. The maximum atomic E-state index is 10.9. The normalized spacial score (nSPS) is 18.3. The number of hydrogen-bond donors (Lipinski definition) is 1. The Kier molecular flexibility index (Phi) is 4.22. The lowest BCUT2D eigenvalue weighted by Crippen LogP contribution is -2.29. The summed E-state index contributed by atoms with van der Waals surface area (Å²) >= 11 is 0. The van der Waals surface area contributed by atoms with Crippen LogP contribution in [0.3, 0.4) is 0 Å². The molecule has 1 aliphatic carbocycles. The second-order valence-electron chi connectivity index (χ2n) is 3.75. The molecule has 13 heavy (non-hydrogen) atoms. The first-order chi connectivity index (χ1) is 6.24. The molecule has 0 aliphatic heterocycles. The van der Waals surface area contributed by atoms with Crippen molar-refractivity contribution in [2.45, 2.75) is 26.7 Å². The molecule has 0 spiro atoms. The second-order valence-corrected chi connectivity index (χ2v) is 3.75. The minimum absolute atomic E-state index is 0.148. The van der Waals surface area contributed by atoms with E-state index in [2.05, 4.69) is 12.2 Å². The molecule has 1 unspecified atom stereocenters. The van der Waals surface area contributed by atoms with Crippen molar-refractivity contribution < 1.29 is 9.53 Å². The van der Waals surface area contributed by atoms with Crippen LogP contribution in [-0.4, -0.2) is 25.7 Å². The van der Waals surface area contributed by atoms with E-state index in [0.717, 1.165) is 12.5 Å². The monoisotopic (exact) mass is 185 g/mol. The molecular weight excluding hydrogens is 166 g/mol. The minimum Gasteiger partial charge on any atom is -0.465 e. The van der Waals surface area contributed by atoms with Crippen molar-refractivity contribution in [3.8, 4) is 0 Å². The van der Waals surface area contributed by atoms with Crippen LogP contribution in [-0.2, 0) is 9.53 Å². The van der Waals surface area contributed by atoms with E-state index in [1.165, 1.54) is 12.8 Å². The molecule has 1 rings (SSSR count). The topological polar surface area (TPSA) is 38.3 Å². The number of esters is 1. The van der Waals surface area contributed by atoms with Gasteiger partial charge in [-0.25, -0.2) is 0 Å². The van der Waals surface area contributed by atoms with Crippen LogP contribution in [0.1, 0.15) is 26.7 Å². The summed E-state index contributed by atoms with van der Waals surface area (Å²) in [6, 6.07) is 0. The average Bonchev–Trinajstić information content (AvgIpc) is 2.86. The Labute approximate surface area is 79.8 Å². The smallest absolute Gasteiger partial charge is 0.319 e. The molecule has 1 atom stereocenters. The zero-order valence-electron chi connectivity index (χ0n) is 8.51. The van der Waals surface area contributed by atoms with E-state index in [1.807, 2.05) is 6.92 Å². The third-order valence-corrected chi connectivity index (χ3v) is 2.47. The van der Waals surface area contributed by atoms with E-state index in [9.17, 15) is 4.79 Å². The van der Waals surface area contributed by atoms with Gasteiger partial charge < -0.3 is 10.1 Å². The van der Waals surface area contributed by atoms with Gasteiger partial charge in [0.25, 0.3) is 0 Å². The summed E-state index contributed by atoms with van der Waals surface area (Å²) in [6.45, 7) is 5.81. The van der Waals surface area contributed by atoms with Crippen molar-refractivity contribution in [1.29, 1.82) is 0 Å². The Morgan fingerprint density at radius 1 is 1.62 bits per heavy atom. The minimum atomic E-state index is -0.148. The van der Waals surface area contributed by atoms with Crippen molar-refractivity contribution in [3.05, 3.63) is 0 Å². The number of nitrogens with one attached hydrogen (secondary N) is 1. The molecule has 0 bridgehead atoms. The molecular formula is C10H19NO2. The van der Waals surface area contributed by atoms with Crippen molar-refractivity contribution >= 4 is 5.97 Å². The number of rotatable bonds is 6. The fourth-order valence-corrected chi connectivity index (χ4v) is 1.45.